The Kier molecular flexibility index (Phi) is 5.59. The number of benzene rings is 1. The van der Waals surface area contributed by atoms with Gasteiger partial charge in [-0.25, -0.2) is 0 Å². The number of carbonyl (C=O) groups is 2. The van der Waals surface area contributed by atoms with E-state index >= 15 is 0 Å². The Morgan fingerprint density at radius 1 is 1.32 bits per heavy atom. The van der Waals surface area contributed by atoms with Gasteiger partial charge in [-0.05, 0) is 49.9 Å². The monoisotopic (exact) mass is 386 g/mol. The number of carbonyl (C=O) groups excluding carboxylic acids is 1. The molecule has 1 aromatic heterocycles. The molecule has 4 aliphatic rings. The number of piperidine rings is 3. The Balaban J connectivity index is 0.000000604. The normalized spacial score (nSPS) is 28.6. The van der Waals surface area contributed by atoms with E-state index in [0.29, 0.717) is 17.5 Å². The fraction of sp³-hybridized carbons (Fsp3) is 0.550. The molecule has 0 radical (unpaired) electrons. The van der Waals surface area contributed by atoms with Gasteiger partial charge in [0, 0.05) is 30.5 Å². The second-order valence-corrected chi connectivity index (χ2v) is 7.76. The van der Waals surface area contributed by atoms with Crippen LogP contribution in [0.15, 0.2) is 18.2 Å². The number of carboxylic acid groups (broad SMARTS) is 1. The molecule has 2 bridgehead atoms. The highest BCUT2D eigenvalue weighted by Gasteiger charge is 2.35. The summed E-state index contributed by atoms with van der Waals surface area (Å²) in [5.41, 5.74) is 2.71. The number of amides is 1. The number of rotatable bonds is 3. The van der Waals surface area contributed by atoms with Gasteiger partial charge in [0.25, 0.3) is 12.4 Å². The molecule has 0 saturated carbocycles. The highest BCUT2D eigenvalue weighted by molar-refractivity contribution is 6.04. The van der Waals surface area contributed by atoms with Crippen molar-refractivity contribution in [2.24, 2.45) is 5.92 Å². The Hall–Kier alpha value is -2.45. The number of fused-ring (bicyclic) bond motifs is 4. The second-order valence-electron chi connectivity index (χ2n) is 7.76. The van der Waals surface area contributed by atoms with E-state index in [-0.39, 0.29) is 18.4 Å². The summed E-state index contributed by atoms with van der Waals surface area (Å²) in [4.78, 5) is 23.6. The molecule has 1 aromatic carbocycles. The lowest BCUT2D eigenvalue weighted by Gasteiger charge is -2.44. The Morgan fingerprint density at radius 3 is 2.75 bits per heavy atom. The van der Waals surface area contributed by atoms with E-state index in [4.69, 9.17) is 14.6 Å². The van der Waals surface area contributed by atoms with Crippen molar-refractivity contribution >= 4 is 23.3 Å². The predicted molar refractivity (Wildman–Crippen MR) is 103 cm³/mol. The molecule has 1 unspecified atom stereocenters. The number of H-pyrrole nitrogens is 1. The molecule has 8 heteroatoms. The summed E-state index contributed by atoms with van der Waals surface area (Å²) in [6.45, 7) is 4.70. The summed E-state index contributed by atoms with van der Waals surface area (Å²) in [5.74, 6) is 1.02. The minimum atomic E-state index is -0.250. The van der Waals surface area contributed by atoms with Gasteiger partial charge in [0.1, 0.15) is 0 Å². The van der Waals surface area contributed by atoms with E-state index in [9.17, 15) is 4.79 Å². The number of aromatic amines is 1. The SMILES string of the molecule is O=C(N[C@@H]1CN2CCC1CC2)c1n[nH]c2cc(C3CCOC3)ccc12.O=CO. The highest BCUT2D eigenvalue weighted by atomic mass is 16.5. The van der Waals surface area contributed by atoms with Gasteiger partial charge in [0.2, 0.25) is 0 Å². The van der Waals surface area contributed by atoms with Crippen molar-refractivity contribution in [1.82, 2.24) is 20.4 Å². The van der Waals surface area contributed by atoms with Crippen LogP contribution in [0.1, 0.15) is 41.2 Å². The summed E-state index contributed by atoms with van der Waals surface area (Å²) in [6.07, 6.45) is 3.45. The van der Waals surface area contributed by atoms with E-state index < -0.39 is 0 Å². The quantitative estimate of drug-likeness (QED) is 0.692. The minimum Gasteiger partial charge on any atom is -0.483 e. The topological polar surface area (TPSA) is 108 Å². The number of nitrogens with one attached hydrogen (secondary N) is 2. The van der Waals surface area contributed by atoms with Crippen LogP contribution >= 0.6 is 0 Å². The molecule has 8 nitrogen and oxygen atoms in total. The molecule has 5 heterocycles. The van der Waals surface area contributed by atoms with Crippen LogP contribution in [0.4, 0.5) is 0 Å². The molecular formula is C20H26N4O4. The van der Waals surface area contributed by atoms with Crippen LogP contribution in [0.2, 0.25) is 0 Å². The van der Waals surface area contributed by atoms with Crippen molar-refractivity contribution in [2.45, 2.75) is 31.2 Å². The first-order chi connectivity index (χ1) is 13.7. The zero-order valence-corrected chi connectivity index (χ0v) is 15.8. The molecule has 28 heavy (non-hydrogen) atoms. The van der Waals surface area contributed by atoms with Gasteiger partial charge in [-0.1, -0.05) is 12.1 Å². The summed E-state index contributed by atoms with van der Waals surface area (Å²) in [7, 11) is 0. The third-order valence-corrected chi connectivity index (χ3v) is 6.18. The van der Waals surface area contributed by atoms with Crippen LogP contribution < -0.4 is 5.32 Å². The maximum atomic E-state index is 12.8. The molecule has 2 atom stereocenters. The number of aromatic nitrogens is 2. The van der Waals surface area contributed by atoms with Crippen LogP contribution in [-0.4, -0.2) is 71.5 Å². The van der Waals surface area contributed by atoms with E-state index in [1.54, 1.807) is 0 Å². The second kappa shape index (κ2) is 8.28. The third-order valence-electron chi connectivity index (χ3n) is 6.18. The lowest BCUT2D eigenvalue weighted by molar-refractivity contribution is -0.122. The van der Waals surface area contributed by atoms with Crippen molar-refractivity contribution in [2.75, 3.05) is 32.8 Å². The Bertz CT molecular complexity index is 838. The number of nitrogens with zero attached hydrogens (tertiary/aromatic N) is 2. The van der Waals surface area contributed by atoms with Gasteiger partial charge in [-0.2, -0.15) is 5.10 Å². The molecular weight excluding hydrogens is 360 g/mol. The number of hydrogen-bond donors (Lipinski definition) is 3. The van der Waals surface area contributed by atoms with E-state index in [2.05, 4.69) is 32.5 Å². The largest absolute Gasteiger partial charge is 0.483 e. The Labute approximate surface area is 163 Å². The van der Waals surface area contributed by atoms with Crippen molar-refractivity contribution in [3.63, 3.8) is 0 Å². The third kappa shape index (κ3) is 3.74. The Morgan fingerprint density at radius 2 is 2.11 bits per heavy atom. The summed E-state index contributed by atoms with van der Waals surface area (Å²) in [6, 6.07) is 6.52. The average molecular weight is 386 g/mol. The number of hydrogen-bond acceptors (Lipinski definition) is 5. The molecule has 150 valence electrons. The molecule has 4 aliphatic heterocycles. The summed E-state index contributed by atoms with van der Waals surface area (Å²) < 4.78 is 5.48. The molecule has 0 spiro atoms. The highest BCUT2D eigenvalue weighted by Crippen LogP contribution is 2.29. The van der Waals surface area contributed by atoms with Crippen molar-refractivity contribution < 1.29 is 19.4 Å². The van der Waals surface area contributed by atoms with Crippen LogP contribution in [-0.2, 0) is 9.53 Å². The molecule has 2 aromatic rings. The smallest absolute Gasteiger partial charge is 0.290 e. The first-order valence-corrected chi connectivity index (χ1v) is 9.86. The van der Waals surface area contributed by atoms with Gasteiger partial charge in [0.15, 0.2) is 5.69 Å². The van der Waals surface area contributed by atoms with Gasteiger partial charge < -0.3 is 20.1 Å². The lowest BCUT2D eigenvalue weighted by atomic mass is 9.84. The van der Waals surface area contributed by atoms with Crippen molar-refractivity contribution in [1.29, 1.82) is 0 Å². The maximum absolute atomic E-state index is 12.8. The van der Waals surface area contributed by atoms with Crippen LogP contribution in [0.25, 0.3) is 10.9 Å². The van der Waals surface area contributed by atoms with Crippen LogP contribution in [0, 0.1) is 5.92 Å². The first-order valence-electron chi connectivity index (χ1n) is 9.86. The summed E-state index contributed by atoms with van der Waals surface area (Å²) >= 11 is 0. The zero-order valence-electron chi connectivity index (χ0n) is 15.8. The van der Waals surface area contributed by atoms with E-state index in [0.717, 1.165) is 37.1 Å². The fourth-order valence-electron chi connectivity index (χ4n) is 4.63. The predicted octanol–water partition coefficient (Wildman–Crippen LogP) is 1.59. The minimum absolute atomic E-state index is 0.0538. The van der Waals surface area contributed by atoms with Crippen LogP contribution in [0.5, 0.6) is 0 Å². The van der Waals surface area contributed by atoms with Gasteiger partial charge >= 0.3 is 0 Å². The lowest BCUT2D eigenvalue weighted by Crippen LogP contribution is -2.57. The average Bonchev–Trinajstić information content (AvgIpc) is 3.39. The van der Waals surface area contributed by atoms with Crippen molar-refractivity contribution in [3.8, 4) is 0 Å². The molecule has 1 amide bonds. The molecule has 0 aliphatic carbocycles. The van der Waals surface area contributed by atoms with E-state index in [1.165, 1.54) is 31.5 Å². The maximum Gasteiger partial charge on any atom is 0.290 e. The fourth-order valence-corrected chi connectivity index (χ4v) is 4.63. The van der Waals surface area contributed by atoms with Gasteiger partial charge in [-0.3, -0.25) is 14.7 Å². The summed E-state index contributed by atoms with van der Waals surface area (Å²) in [5, 5.41) is 18.4. The molecule has 4 fully saturated rings. The zero-order chi connectivity index (χ0) is 19.5. The van der Waals surface area contributed by atoms with E-state index in [1.807, 2.05) is 6.07 Å². The van der Waals surface area contributed by atoms with Crippen LogP contribution in [0.3, 0.4) is 0 Å². The van der Waals surface area contributed by atoms with Gasteiger partial charge in [-0.15, -0.1) is 0 Å². The van der Waals surface area contributed by atoms with Gasteiger partial charge in [0.05, 0.1) is 12.1 Å². The van der Waals surface area contributed by atoms with Crippen molar-refractivity contribution in [3.05, 3.63) is 29.5 Å². The number of ether oxygens (including phenoxy) is 1. The molecule has 4 saturated heterocycles. The first kappa shape index (κ1) is 18.9. The molecule has 6 rings (SSSR count). The standard InChI is InChI=1S/C19H24N4O2.CH2O2/c24-19(20-17-10-23-6-3-12(17)4-7-23)18-15-2-1-13(9-16(15)21-22-18)14-5-8-25-11-14;2-1-3/h1-2,9,12,14,17H,3-8,10-11H2,(H,20,24)(H,21,22);1H,(H,2,3)/t14?,17-;/m1./s1. The molecule has 3 N–H and O–H groups in total.